The maximum Gasteiger partial charge on any atom is 0.258 e. The van der Waals surface area contributed by atoms with Crippen molar-refractivity contribution in [3.05, 3.63) is 88.7 Å². The Morgan fingerprint density at radius 2 is 1.93 bits per heavy atom. The number of aromatic nitrogens is 3. The molecule has 0 atom stereocenters. The zero-order valence-electron chi connectivity index (χ0n) is 16.1. The summed E-state index contributed by atoms with van der Waals surface area (Å²) in [6.45, 7) is 2.27. The Labute approximate surface area is 166 Å². The Kier molecular flexibility index (Phi) is 3.98. The average molecular weight is 385 g/mol. The minimum absolute atomic E-state index is 0.159. The molecule has 2 aromatic carbocycles. The Balaban J connectivity index is 1.40. The van der Waals surface area contributed by atoms with E-state index in [1.807, 2.05) is 67.2 Å². The van der Waals surface area contributed by atoms with Crippen molar-refractivity contribution in [1.29, 1.82) is 0 Å². The summed E-state index contributed by atoms with van der Waals surface area (Å²) in [5, 5.41) is 6.51. The highest BCUT2D eigenvalue weighted by atomic mass is 16.5. The number of furan rings is 1. The number of benzene rings is 2. The van der Waals surface area contributed by atoms with Crippen molar-refractivity contribution in [2.75, 3.05) is 0 Å². The number of hydrogen-bond donors (Lipinski definition) is 0. The lowest BCUT2D eigenvalue weighted by atomic mass is 10.2. The normalized spacial score (nSPS) is 11.4. The van der Waals surface area contributed by atoms with Gasteiger partial charge in [0, 0.05) is 41.5 Å². The maximum atomic E-state index is 12.7. The summed E-state index contributed by atoms with van der Waals surface area (Å²) in [6.07, 6.45) is 1.73. The van der Waals surface area contributed by atoms with E-state index in [4.69, 9.17) is 9.15 Å². The standard InChI is InChI=1S/C23H19N3O3/c1-15-20-12-17(7-8-21(20)24-25(15)2)26-10-9-18(13-23(26)27)28-14-19-11-16-5-3-4-6-22(16)29-19/h3-13H,14H2,1-2H3. The van der Waals surface area contributed by atoms with E-state index in [1.165, 1.54) is 6.07 Å². The molecule has 6 nitrogen and oxygen atoms in total. The fraction of sp³-hybridized carbons (Fsp3) is 0.130. The van der Waals surface area contributed by atoms with Gasteiger partial charge in [0.05, 0.1) is 5.52 Å². The number of fused-ring (bicyclic) bond motifs is 2. The Bertz CT molecular complexity index is 1380. The number of para-hydroxylation sites is 1. The van der Waals surface area contributed by atoms with Gasteiger partial charge in [-0.3, -0.25) is 14.0 Å². The first-order valence-corrected chi connectivity index (χ1v) is 9.35. The van der Waals surface area contributed by atoms with Gasteiger partial charge in [0.1, 0.15) is 23.7 Å². The Morgan fingerprint density at radius 3 is 2.76 bits per heavy atom. The molecule has 0 unspecified atom stereocenters. The largest absolute Gasteiger partial charge is 0.485 e. The van der Waals surface area contributed by atoms with E-state index >= 15 is 0 Å². The van der Waals surface area contributed by atoms with Crippen molar-refractivity contribution < 1.29 is 9.15 Å². The highest BCUT2D eigenvalue weighted by molar-refractivity contribution is 5.83. The van der Waals surface area contributed by atoms with Crippen molar-refractivity contribution >= 4 is 21.9 Å². The zero-order valence-corrected chi connectivity index (χ0v) is 16.1. The maximum absolute atomic E-state index is 12.7. The van der Waals surface area contributed by atoms with E-state index in [2.05, 4.69) is 5.10 Å². The molecule has 29 heavy (non-hydrogen) atoms. The topological polar surface area (TPSA) is 62.2 Å². The van der Waals surface area contributed by atoms with Crippen LogP contribution in [0.2, 0.25) is 0 Å². The number of pyridine rings is 1. The highest BCUT2D eigenvalue weighted by Crippen LogP contribution is 2.22. The van der Waals surface area contributed by atoms with Gasteiger partial charge < -0.3 is 9.15 Å². The highest BCUT2D eigenvalue weighted by Gasteiger charge is 2.09. The van der Waals surface area contributed by atoms with Gasteiger partial charge in [-0.05, 0) is 43.3 Å². The first-order chi connectivity index (χ1) is 14.1. The van der Waals surface area contributed by atoms with Crippen molar-refractivity contribution in [2.24, 2.45) is 7.05 Å². The van der Waals surface area contributed by atoms with Crippen LogP contribution < -0.4 is 10.3 Å². The van der Waals surface area contributed by atoms with E-state index in [0.717, 1.165) is 33.3 Å². The molecule has 5 aromatic rings. The predicted molar refractivity (Wildman–Crippen MR) is 112 cm³/mol. The molecule has 0 aliphatic rings. The Hall–Kier alpha value is -3.80. The van der Waals surface area contributed by atoms with Crippen LogP contribution in [-0.2, 0) is 13.7 Å². The molecular formula is C23H19N3O3. The summed E-state index contributed by atoms with van der Waals surface area (Å²) < 4.78 is 15.0. The fourth-order valence-electron chi connectivity index (χ4n) is 3.49. The van der Waals surface area contributed by atoms with Crippen LogP contribution in [0.25, 0.3) is 27.6 Å². The van der Waals surface area contributed by atoms with Gasteiger partial charge in [-0.2, -0.15) is 5.10 Å². The van der Waals surface area contributed by atoms with Crippen molar-refractivity contribution in [1.82, 2.24) is 14.3 Å². The third-order valence-electron chi connectivity index (χ3n) is 5.14. The monoisotopic (exact) mass is 385 g/mol. The van der Waals surface area contributed by atoms with Gasteiger partial charge in [-0.25, -0.2) is 0 Å². The molecule has 144 valence electrons. The molecule has 3 heterocycles. The summed E-state index contributed by atoms with van der Waals surface area (Å²) >= 11 is 0. The van der Waals surface area contributed by atoms with Crippen LogP contribution in [0, 0.1) is 6.92 Å². The van der Waals surface area contributed by atoms with Crippen LogP contribution in [0.5, 0.6) is 5.75 Å². The van der Waals surface area contributed by atoms with Crippen LogP contribution in [0.15, 0.2) is 76.1 Å². The quantitative estimate of drug-likeness (QED) is 0.461. The van der Waals surface area contributed by atoms with Crippen LogP contribution in [0.3, 0.4) is 0 Å². The minimum Gasteiger partial charge on any atom is -0.485 e. The SMILES string of the molecule is Cc1c2cc(-n3ccc(OCc4cc5ccccc5o4)cc3=O)ccc2nn1C. The summed E-state index contributed by atoms with van der Waals surface area (Å²) in [5.74, 6) is 1.22. The third-order valence-corrected chi connectivity index (χ3v) is 5.14. The molecule has 0 aliphatic heterocycles. The summed E-state index contributed by atoms with van der Waals surface area (Å²) in [4.78, 5) is 12.7. The van der Waals surface area contributed by atoms with Gasteiger partial charge in [0.15, 0.2) is 0 Å². The van der Waals surface area contributed by atoms with Crippen molar-refractivity contribution in [2.45, 2.75) is 13.5 Å². The van der Waals surface area contributed by atoms with E-state index in [-0.39, 0.29) is 12.2 Å². The van der Waals surface area contributed by atoms with Gasteiger partial charge in [-0.1, -0.05) is 18.2 Å². The minimum atomic E-state index is -0.159. The smallest absolute Gasteiger partial charge is 0.258 e. The molecule has 3 aromatic heterocycles. The van der Waals surface area contributed by atoms with Crippen molar-refractivity contribution in [3.8, 4) is 11.4 Å². The van der Waals surface area contributed by atoms with E-state index in [1.54, 1.807) is 16.8 Å². The van der Waals surface area contributed by atoms with Crippen LogP contribution >= 0.6 is 0 Å². The molecule has 0 saturated carbocycles. The first-order valence-electron chi connectivity index (χ1n) is 9.35. The average Bonchev–Trinajstić information content (AvgIpc) is 3.27. The number of nitrogens with zero attached hydrogens (tertiary/aromatic N) is 3. The summed E-state index contributed by atoms with van der Waals surface area (Å²) in [7, 11) is 1.91. The second-order valence-corrected chi connectivity index (χ2v) is 7.02. The van der Waals surface area contributed by atoms with Crippen LogP contribution in [0.1, 0.15) is 11.5 Å². The van der Waals surface area contributed by atoms with E-state index < -0.39 is 0 Å². The molecule has 6 heteroatoms. The molecule has 0 radical (unpaired) electrons. The molecular weight excluding hydrogens is 366 g/mol. The molecule has 0 saturated heterocycles. The van der Waals surface area contributed by atoms with Gasteiger partial charge >= 0.3 is 0 Å². The van der Waals surface area contributed by atoms with Gasteiger partial charge in [-0.15, -0.1) is 0 Å². The lowest BCUT2D eigenvalue weighted by molar-refractivity contribution is 0.274. The summed E-state index contributed by atoms with van der Waals surface area (Å²) in [6, 6.07) is 18.8. The number of aryl methyl sites for hydroxylation is 2. The third kappa shape index (κ3) is 3.08. The zero-order chi connectivity index (χ0) is 20.0. The molecule has 0 fully saturated rings. The number of ether oxygens (including phenoxy) is 1. The van der Waals surface area contributed by atoms with E-state index in [0.29, 0.717) is 11.5 Å². The first kappa shape index (κ1) is 17.3. The van der Waals surface area contributed by atoms with Gasteiger partial charge in [0.2, 0.25) is 0 Å². The Morgan fingerprint density at radius 1 is 1.07 bits per heavy atom. The van der Waals surface area contributed by atoms with Crippen LogP contribution in [0.4, 0.5) is 0 Å². The molecule has 0 N–H and O–H groups in total. The lowest BCUT2D eigenvalue weighted by Crippen LogP contribution is -2.16. The van der Waals surface area contributed by atoms with Gasteiger partial charge in [0.25, 0.3) is 5.56 Å². The molecule has 0 spiro atoms. The van der Waals surface area contributed by atoms with E-state index in [9.17, 15) is 4.79 Å². The number of hydrogen-bond acceptors (Lipinski definition) is 4. The summed E-state index contributed by atoms with van der Waals surface area (Å²) in [5.41, 5.74) is 3.42. The van der Waals surface area contributed by atoms with Crippen molar-refractivity contribution in [3.63, 3.8) is 0 Å². The fourth-order valence-corrected chi connectivity index (χ4v) is 3.49. The second-order valence-electron chi connectivity index (χ2n) is 7.02. The number of rotatable bonds is 4. The predicted octanol–water partition coefficient (Wildman–Crippen LogP) is 4.36. The lowest BCUT2D eigenvalue weighted by Gasteiger charge is -2.08. The second kappa shape index (κ2) is 6.67. The van der Waals surface area contributed by atoms with Crippen LogP contribution in [-0.4, -0.2) is 14.3 Å². The molecule has 0 amide bonds. The molecule has 0 bridgehead atoms. The molecule has 0 aliphatic carbocycles. The molecule has 5 rings (SSSR count).